The largest absolute Gasteiger partial charge is 0.438 e. The number of hydrogen-bond donors (Lipinski definition) is 1. The summed E-state index contributed by atoms with van der Waals surface area (Å²) in [6, 6.07) is 12.3. The quantitative estimate of drug-likeness (QED) is 0.691. The number of aromatic nitrogens is 1. The maximum Gasteiger partial charge on any atom is 0.227 e. The number of allylic oxidation sites excluding steroid dienone is 4. The number of fused-ring (bicyclic) bond motifs is 2. The topological polar surface area (TPSA) is 54.8 Å². The van der Waals surface area contributed by atoms with E-state index in [1.807, 2.05) is 24.3 Å². The first-order valence-electron chi connectivity index (χ1n) is 12.0. The molecular weight excluding hydrogens is 424 g/mol. The van der Waals surface area contributed by atoms with Gasteiger partial charge in [0.25, 0.3) is 0 Å². The van der Waals surface area contributed by atoms with Crippen molar-refractivity contribution in [1.29, 1.82) is 0 Å². The Morgan fingerprint density at radius 1 is 1.21 bits per heavy atom. The SMILES string of the molecule is COC1C=CC=C2Oc3ncccc3C(=CCCN3CCC(O)(c4ccc(C)cc4)CC3)C=C21. The van der Waals surface area contributed by atoms with Gasteiger partial charge in [-0.1, -0.05) is 48.1 Å². The van der Waals surface area contributed by atoms with Crippen LogP contribution in [0.15, 0.2) is 84.3 Å². The number of nitrogens with zero attached hydrogens (tertiary/aromatic N) is 2. The van der Waals surface area contributed by atoms with E-state index in [1.165, 1.54) is 5.56 Å². The summed E-state index contributed by atoms with van der Waals surface area (Å²) >= 11 is 0. The zero-order valence-electron chi connectivity index (χ0n) is 19.9. The fourth-order valence-corrected chi connectivity index (χ4v) is 4.95. The van der Waals surface area contributed by atoms with Gasteiger partial charge in [-0.3, -0.25) is 0 Å². The molecule has 5 heteroatoms. The second-order valence-electron chi connectivity index (χ2n) is 9.32. The molecule has 2 aliphatic heterocycles. The molecule has 3 heterocycles. The zero-order valence-corrected chi connectivity index (χ0v) is 19.9. The minimum atomic E-state index is -0.720. The molecule has 1 aromatic heterocycles. The molecule has 1 aromatic carbocycles. The summed E-state index contributed by atoms with van der Waals surface area (Å²) in [5, 5.41) is 11.2. The normalized spacial score (nSPS) is 22.8. The van der Waals surface area contributed by atoms with Crippen LogP contribution < -0.4 is 4.74 Å². The van der Waals surface area contributed by atoms with Gasteiger partial charge in [0.1, 0.15) is 11.9 Å². The van der Waals surface area contributed by atoms with Crippen LogP contribution in [-0.4, -0.2) is 47.8 Å². The summed E-state index contributed by atoms with van der Waals surface area (Å²) in [5.74, 6) is 1.40. The first-order chi connectivity index (χ1) is 16.6. The van der Waals surface area contributed by atoms with Crippen molar-refractivity contribution < 1.29 is 14.6 Å². The van der Waals surface area contributed by atoms with E-state index in [0.717, 1.165) is 66.9 Å². The molecule has 1 saturated heterocycles. The number of methoxy groups -OCH3 is 1. The summed E-state index contributed by atoms with van der Waals surface area (Å²) in [7, 11) is 1.71. The zero-order chi connectivity index (χ0) is 23.5. The summed E-state index contributed by atoms with van der Waals surface area (Å²) in [6.07, 6.45) is 14.4. The number of aryl methyl sites for hydroxylation is 1. The Labute approximate surface area is 201 Å². The Morgan fingerprint density at radius 3 is 2.76 bits per heavy atom. The Hall–Kier alpha value is -2.99. The first-order valence-corrected chi connectivity index (χ1v) is 12.0. The molecule has 1 unspecified atom stereocenters. The van der Waals surface area contributed by atoms with Gasteiger partial charge in [-0.2, -0.15) is 0 Å². The number of piperidine rings is 1. The number of likely N-dealkylation sites (tertiary alicyclic amines) is 1. The number of ether oxygens (including phenoxy) is 2. The van der Waals surface area contributed by atoms with Crippen molar-refractivity contribution in [3.63, 3.8) is 0 Å². The number of benzene rings is 1. The van der Waals surface area contributed by atoms with Crippen LogP contribution in [-0.2, 0) is 10.3 Å². The van der Waals surface area contributed by atoms with Gasteiger partial charge < -0.3 is 19.5 Å². The molecule has 34 heavy (non-hydrogen) atoms. The average Bonchev–Trinajstić information content (AvgIpc) is 3.02. The van der Waals surface area contributed by atoms with E-state index in [4.69, 9.17) is 9.47 Å². The highest BCUT2D eigenvalue weighted by Gasteiger charge is 2.33. The molecule has 0 bridgehead atoms. The fraction of sp³-hybridized carbons (Fsp3) is 0.345. The maximum atomic E-state index is 11.2. The minimum Gasteiger partial charge on any atom is -0.438 e. The van der Waals surface area contributed by atoms with E-state index in [1.54, 1.807) is 13.3 Å². The molecule has 0 saturated carbocycles. The second-order valence-corrected chi connectivity index (χ2v) is 9.32. The predicted molar refractivity (Wildman–Crippen MR) is 134 cm³/mol. The molecule has 2 aromatic rings. The standard InChI is InChI=1S/C29H32N2O3/c1-21-10-12-23(13-11-21)29(32)14-18-31(19-15-29)17-5-6-22-20-25-26(33-2)8-3-9-27(25)34-28-24(22)7-4-16-30-28/h3-4,6-13,16,20,26,32H,5,14-15,17-19H2,1-2H3. The van der Waals surface area contributed by atoms with Crippen LogP contribution in [0.1, 0.15) is 36.0 Å². The van der Waals surface area contributed by atoms with Gasteiger partial charge in [0, 0.05) is 44.1 Å². The molecule has 176 valence electrons. The number of pyridine rings is 1. The molecule has 1 aliphatic carbocycles. The molecule has 1 N–H and O–H groups in total. The molecule has 5 rings (SSSR count). The smallest absolute Gasteiger partial charge is 0.227 e. The van der Waals surface area contributed by atoms with Crippen LogP contribution in [0.5, 0.6) is 5.88 Å². The highest BCUT2D eigenvalue weighted by atomic mass is 16.5. The van der Waals surface area contributed by atoms with Crippen LogP contribution >= 0.6 is 0 Å². The third kappa shape index (κ3) is 4.64. The van der Waals surface area contributed by atoms with E-state index < -0.39 is 5.60 Å². The van der Waals surface area contributed by atoms with Gasteiger partial charge in [-0.15, -0.1) is 0 Å². The summed E-state index contributed by atoms with van der Waals surface area (Å²) in [6.45, 7) is 4.80. The van der Waals surface area contributed by atoms with Gasteiger partial charge >= 0.3 is 0 Å². The van der Waals surface area contributed by atoms with Gasteiger partial charge in [0.05, 0.1) is 5.60 Å². The third-order valence-electron chi connectivity index (χ3n) is 7.06. The Kier molecular flexibility index (Phi) is 6.50. The van der Waals surface area contributed by atoms with Crippen molar-refractivity contribution >= 4 is 5.57 Å². The van der Waals surface area contributed by atoms with E-state index in [-0.39, 0.29) is 6.10 Å². The van der Waals surface area contributed by atoms with E-state index >= 15 is 0 Å². The lowest BCUT2D eigenvalue weighted by Crippen LogP contribution is -2.42. The lowest BCUT2D eigenvalue weighted by Gasteiger charge is -2.38. The highest BCUT2D eigenvalue weighted by Crippen LogP contribution is 2.37. The van der Waals surface area contributed by atoms with E-state index in [0.29, 0.717) is 5.88 Å². The molecule has 3 aliphatic rings. The maximum absolute atomic E-state index is 11.2. The first kappa shape index (κ1) is 22.8. The fourth-order valence-electron chi connectivity index (χ4n) is 4.95. The van der Waals surface area contributed by atoms with Crippen molar-refractivity contribution in [3.8, 4) is 5.88 Å². The molecule has 0 amide bonds. The third-order valence-corrected chi connectivity index (χ3v) is 7.06. The van der Waals surface area contributed by atoms with Gasteiger partial charge in [0.2, 0.25) is 5.88 Å². The Bertz CT molecular complexity index is 1150. The van der Waals surface area contributed by atoms with Crippen molar-refractivity contribution in [3.05, 3.63) is 101 Å². The lowest BCUT2D eigenvalue weighted by molar-refractivity contribution is -0.0254. The van der Waals surface area contributed by atoms with Gasteiger partial charge in [-0.25, -0.2) is 4.98 Å². The number of rotatable bonds is 5. The predicted octanol–water partition coefficient (Wildman–Crippen LogP) is 4.93. The average molecular weight is 457 g/mol. The van der Waals surface area contributed by atoms with Crippen LogP contribution in [0.25, 0.3) is 5.57 Å². The minimum absolute atomic E-state index is 0.140. The Morgan fingerprint density at radius 2 is 2.00 bits per heavy atom. The lowest BCUT2D eigenvalue weighted by atomic mass is 9.84. The molecule has 5 nitrogen and oxygen atoms in total. The molecule has 1 fully saturated rings. The number of hydrogen-bond acceptors (Lipinski definition) is 5. The monoisotopic (exact) mass is 456 g/mol. The Balaban J connectivity index is 1.29. The van der Waals surface area contributed by atoms with Gasteiger partial charge in [-0.05, 0) is 61.6 Å². The van der Waals surface area contributed by atoms with Crippen LogP contribution in [0.4, 0.5) is 0 Å². The summed E-state index contributed by atoms with van der Waals surface area (Å²) < 4.78 is 11.8. The summed E-state index contributed by atoms with van der Waals surface area (Å²) in [5.41, 5.74) is 4.64. The van der Waals surface area contributed by atoms with Crippen molar-refractivity contribution in [2.75, 3.05) is 26.7 Å². The van der Waals surface area contributed by atoms with E-state index in [2.05, 4.69) is 59.3 Å². The number of aliphatic hydroxyl groups is 1. The van der Waals surface area contributed by atoms with E-state index in [9.17, 15) is 5.11 Å². The highest BCUT2D eigenvalue weighted by molar-refractivity contribution is 5.80. The van der Waals surface area contributed by atoms with Crippen LogP contribution in [0, 0.1) is 6.92 Å². The summed E-state index contributed by atoms with van der Waals surface area (Å²) in [4.78, 5) is 6.92. The van der Waals surface area contributed by atoms with Crippen molar-refractivity contribution in [2.45, 2.75) is 37.9 Å². The van der Waals surface area contributed by atoms with Crippen LogP contribution in [0.2, 0.25) is 0 Å². The second kappa shape index (κ2) is 9.71. The molecule has 1 atom stereocenters. The molecule has 0 radical (unpaired) electrons. The van der Waals surface area contributed by atoms with Gasteiger partial charge in [0.15, 0.2) is 0 Å². The molecular formula is C29H32N2O3. The van der Waals surface area contributed by atoms with Crippen molar-refractivity contribution in [1.82, 2.24) is 9.88 Å². The van der Waals surface area contributed by atoms with Crippen molar-refractivity contribution in [2.24, 2.45) is 0 Å². The van der Waals surface area contributed by atoms with Crippen LogP contribution in [0.3, 0.4) is 0 Å². The molecule has 0 spiro atoms.